The Bertz CT molecular complexity index is 395. The first-order chi connectivity index (χ1) is 8.04. The molecule has 0 aromatic heterocycles. The Morgan fingerprint density at radius 2 is 2.18 bits per heavy atom. The van der Waals surface area contributed by atoms with Crippen LogP contribution in [0.2, 0.25) is 0 Å². The van der Waals surface area contributed by atoms with Gasteiger partial charge in [-0.2, -0.15) is 11.8 Å². The maximum absolute atomic E-state index is 11.9. The van der Waals surface area contributed by atoms with Gasteiger partial charge in [0.15, 0.2) is 0 Å². The molecular formula is C12H19N3OS. The lowest BCUT2D eigenvalue weighted by Gasteiger charge is -2.14. The molecule has 0 bridgehead atoms. The number of benzene rings is 1. The van der Waals surface area contributed by atoms with Crippen LogP contribution in [0.15, 0.2) is 18.2 Å². The van der Waals surface area contributed by atoms with Crippen molar-refractivity contribution in [3.05, 3.63) is 23.8 Å². The number of rotatable bonds is 5. The summed E-state index contributed by atoms with van der Waals surface area (Å²) in [6.07, 6.45) is 0. The summed E-state index contributed by atoms with van der Waals surface area (Å²) in [5.74, 6) is 1.80. The summed E-state index contributed by atoms with van der Waals surface area (Å²) in [7, 11) is 0. The Hall–Kier alpha value is -1.36. The SMILES string of the molecule is CCSCC(C)NC(=O)c1ccc(N)cc1N. The number of hydrogen-bond acceptors (Lipinski definition) is 4. The van der Waals surface area contributed by atoms with E-state index in [9.17, 15) is 4.79 Å². The van der Waals surface area contributed by atoms with Crippen molar-refractivity contribution >= 4 is 29.0 Å². The van der Waals surface area contributed by atoms with Crippen molar-refractivity contribution < 1.29 is 4.79 Å². The molecule has 0 heterocycles. The summed E-state index contributed by atoms with van der Waals surface area (Å²) < 4.78 is 0. The average molecular weight is 253 g/mol. The first kappa shape index (κ1) is 13.7. The van der Waals surface area contributed by atoms with Gasteiger partial charge in [0.05, 0.1) is 5.56 Å². The molecule has 1 amide bonds. The summed E-state index contributed by atoms with van der Waals surface area (Å²) in [4.78, 5) is 11.9. The van der Waals surface area contributed by atoms with Crippen molar-refractivity contribution in [1.82, 2.24) is 5.32 Å². The second-order valence-corrected chi connectivity index (χ2v) is 5.20. The summed E-state index contributed by atoms with van der Waals surface area (Å²) in [5, 5.41) is 2.91. The fraction of sp³-hybridized carbons (Fsp3) is 0.417. The molecule has 0 radical (unpaired) electrons. The summed E-state index contributed by atoms with van der Waals surface area (Å²) in [6.45, 7) is 4.07. The van der Waals surface area contributed by atoms with Gasteiger partial charge in [0.1, 0.15) is 0 Å². The van der Waals surface area contributed by atoms with E-state index in [2.05, 4.69) is 12.2 Å². The lowest BCUT2D eigenvalue weighted by molar-refractivity contribution is 0.0944. The lowest BCUT2D eigenvalue weighted by Crippen LogP contribution is -2.34. The minimum Gasteiger partial charge on any atom is -0.399 e. The van der Waals surface area contributed by atoms with E-state index in [-0.39, 0.29) is 11.9 Å². The van der Waals surface area contributed by atoms with E-state index in [0.717, 1.165) is 11.5 Å². The standard InChI is InChI=1S/C12H19N3OS/c1-3-17-7-8(2)15-12(16)10-5-4-9(13)6-11(10)14/h4-6,8H,3,7,13-14H2,1-2H3,(H,15,16). The second-order valence-electron chi connectivity index (χ2n) is 3.88. The van der Waals surface area contributed by atoms with Gasteiger partial charge in [-0.05, 0) is 30.9 Å². The van der Waals surface area contributed by atoms with Crippen LogP contribution in [0.5, 0.6) is 0 Å². The van der Waals surface area contributed by atoms with Crippen LogP contribution in [0, 0.1) is 0 Å². The largest absolute Gasteiger partial charge is 0.399 e. The molecule has 94 valence electrons. The van der Waals surface area contributed by atoms with Gasteiger partial charge < -0.3 is 16.8 Å². The van der Waals surface area contributed by atoms with Crippen LogP contribution in [-0.2, 0) is 0 Å². The quantitative estimate of drug-likeness (QED) is 0.698. The van der Waals surface area contributed by atoms with Gasteiger partial charge in [0, 0.05) is 23.2 Å². The number of nitrogen functional groups attached to an aromatic ring is 2. The van der Waals surface area contributed by atoms with Gasteiger partial charge >= 0.3 is 0 Å². The smallest absolute Gasteiger partial charge is 0.253 e. The van der Waals surface area contributed by atoms with Crippen LogP contribution in [-0.4, -0.2) is 23.5 Å². The Balaban J connectivity index is 2.63. The van der Waals surface area contributed by atoms with Crippen molar-refractivity contribution in [3.63, 3.8) is 0 Å². The number of carbonyl (C=O) groups excluding carboxylic acids is 1. The summed E-state index contributed by atoms with van der Waals surface area (Å²) in [6, 6.07) is 5.06. The Labute approximate surface area is 106 Å². The summed E-state index contributed by atoms with van der Waals surface area (Å²) >= 11 is 1.79. The minimum absolute atomic E-state index is 0.129. The van der Waals surface area contributed by atoms with Gasteiger partial charge in [0.25, 0.3) is 5.91 Å². The molecule has 0 saturated carbocycles. The molecule has 5 heteroatoms. The van der Waals surface area contributed by atoms with Crippen molar-refractivity contribution in [3.8, 4) is 0 Å². The molecule has 0 aliphatic heterocycles. The number of nitrogens with two attached hydrogens (primary N) is 2. The van der Waals surface area contributed by atoms with E-state index in [4.69, 9.17) is 11.5 Å². The first-order valence-electron chi connectivity index (χ1n) is 5.58. The zero-order chi connectivity index (χ0) is 12.8. The highest BCUT2D eigenvalue weighted by Gasteiger charge is 2.12. The van der Waals surface area contributed by atoms with E-state index < -0.39 is 0 Å². The molecule has 5 N–H and O–H groups in total. The van der Waals surface area contributed by atoms with Gasteiger partial charge in [-0.1, -0.05) is 6.92 Å². The second kappa shape index (κ2) is 6.39. The van der Waals surface area contributed by atoms with Crippen molar-refractivity contribution in [2.24, 2.45) is 0 Å². The minimum atomic E-state index is -0.147. The zero-order valence-electron chi connectivity index (χ0n) is 10.2. The lowest BCUT2D eigenvalue weighted by atomic mass is 10.1. The van der Waals surface area contributed by atoms with Crippen LogP contribution in [0.1, 0.15) is 24.2 Å². The van der Waals surface area contributed by atoms with E-state index in [1.165, 1.54) is 0 Å². The monoisotopic (exact) mass is 253 g/mol. The van der Waals surface area contributed by atoms with Gasteiger partial charge in [-0.3, -0.25) is 4.79 Å². The van der Waals surface area contributed by atoms with Crippen LogP contribution >= 0.6 is 11.8 Å². The van der Waals surface area contributed by atoms with Gasteiger partial charge in [-0.15, -0.1) is 0 Å². The molecule has 0 aliphatic rings. The molecule has 17 heavy (non-hydrogen) atoms. The number of thioether (sulfide) groups is 1. The predicted molar refractivity (Wildman–Crippen MR) is 75.2 cm³/mol. The van der Waals surface area contributed by atoms with Gasteiger partial charge in [0.2, 0.25) is 0 Å². The molecule has 0 fully saturated rings. The molecule has 4 nitrogen and oxygen atoms in total. The molecule has 1 rings (SSSR count). The van der Waals surface area contributed by atoms with Crippen LogP contribution < -0.4 is 16.8 Å². The third-order valence-electron chi connectivity index (χ3n) is 2.27. The van der Waals surface area contributed by atoms with Crippen molar-refractivity contribution in [2.75, 3.05) is 23.0 Å². The fourth-order valence-electron chi connectivity index (χ4n) is 1.43. The highest BCUT2D eigenvalue weighted by molar-refractivity contribution is 7.99. The summed E-state index contributed by atoms with van der Waals surface area (Å²) in [5.41, 5.74) is 12.8. The molecule has 1 unspecified atom stereocenters. The number of hydrogen-bond donors (Lipinski definition) is 3. The fourth-order valence-corrected chi connectivity index (χ4v) is 2.10. The highest BCUT2D eigenvalue weighted by atomic mass is 32.2. The molecule has 1 atom stereocenters. The topological polar surface area (TPSA) is 81.1 Å². The molecule has 1 aromatic carbocycles. The highest BCUT2D eigenvalue weighted by Crippen LogP contribution is 2.15. The molecule has 0 saturated heterocycles. The molecule has 0 spiro atoms. The zero-order valence-corrected chi connectivity index (χ0v) is 11.0. The normalized spacial score (nSPS) is 12.1. The van der Waals surface area contributed by atoms with Crippen molar-refractivity contribution in [1.29, 1.82) is 0 Å². The Morgan fingerprint density at radius 3 is 2.76 bits per heavy atom. The maximum atomic E-state index is 11.9. The van der Waals surface area contributed by atoms with Crippen LogP contribution in [0.25, 0.3) is 0 Å². The van der Waals surface area contributed by atoms with E-state index >= 15 is 0 Å². The van der Waals surface area contributed by atoms with E-state index in [0.29, 0.717) is 16.9 Å². The average Bonchev–Trinajstić information content (AvgIpc) is 2.26. The van der Waals surface area contributed by atoms with Crippen LogP contribution in [0.4, 0.5) is 11.4 Å². The Morgan fingerprint density at radius 1 is 1.47 bits per heavy atom. The number of anilines is 2. The number of amides is 1. The molecule has 0 aliphatic carbocycles. The Kier molecular flexibility index (Phi) is 5.15. The third-order valence-corrected chi connectivity index (χ3v) is 3.41. The van der Waals surface area contributed by atoms with E-state index in [1.807, 2.05) is 6.92 Å². The van der Waals surface area contributed by atoms with Crippen LogP contribution in [0.3, 0.4) is 0 Å². The first-order valence-corrected chi connectivity index (χ1v) is 6.73. The van der Waals surface area contributed by atoms with Gasteiger partial charge in [-0.25, -0.2) is 0 Å². The van der Waals surface area contributed by atoms with E-state index in [1.54, 1.807) is 30.0 Å². The number of carbonyl (C=O) groups is 1. The maximum Gasteiger partial charge on any atom is 0.253 e. The number of nitrogens with one attached hydrogen (secondary N) is 1. The van der Waals surface area contributed by atoms with Crippen molar-refractivity contribution in [2.45, 2.75) is 19.9 Å². The molecular weight excluding hydrogens is 234 g/mol. The predicted octanol–water partition coefficient (Wildman–Crippen LogP) is 1.72. The third kappa shape index (κ3) is 4.19. The molecule has 1 aromatic rings.